The van der Waals surface area contributed by atoms with Gasteiger partial charge >= 0.3 is 0 Å². The number of nitrogens with zero attached hydrogens (tertiary/aromatic N) is 1. The summed E-state index contributed by atoms with van der Waals surface area (Å²) in [5.74, 6) is 0.978. The lowest BCUT2D eigenvalue weighted by Crippen LogP contribution is -2.43. The first-order chi connectivity index (χ1) is 12.0. The molecule has 1 aromatic heterocycles. The van der Waals surface area contributed by atoms with Crippen molar-refractivity contribution in [2.75, 3.05) is 6.54 Å². The zero-order chi connectivity index (χ0) is 17.6. The smallest absolute Gasteiger partial charge is 0.253 e. The van der Waals surface area contributed by atoms with Crippen LogP contribution >= 0.6 is 15.9 Å². The fraction of sp³-hybridized carbons (Fsp3) is 0.550. The van der Waals surface area contributed by atoms with Gasteiger partial charge in [-0.3, -0.25) is 4.79 Å². The number of aryl methyl sites for hydroxylation is 1. The van der Waals surface area contributed by atoms with Crippen molar-refractivity contribution in [1.29, 1.82) is 0 Å². The maximum atomic E-state index is 13.0. The van der Waals surface area contributed by atoms with Crippen LogP contribution in [0.25, 0.3) is 10.9 Å². The number of aromatic nitrogens is 1. The van der Waals surface area contributed by atoms with Gasteiger partial charge < -0.3 is 9.88 Å². The minimum absolute atomic E-state index is 0.0322. The van der Waals surface area contributed by atoms with Crippen LogP contribution in [0.4, 0.5) is 0 Å². The van der Waals surface area contributed by atoms with Crippen molar-refractivity contribution in [1.82, 2.24) is 9.88 Å². The third kappa shape index (κ3) is 3.05. The van der Waals surface area contributed by atoms with Crippen molar-refractivity contribution in [3.05, 3.63) is 28.4 Å². The standard InChI is InChI=1S/C20H24BBrN2O/c1-2-24-11-15(18-16(22)9-14(21)10-17(18)24)19(25)23-12-20-6-3-13(4-7-20)5-8-20/h9-11,13H,2-8,12H2,1H3,(H,23,25). The van der Waals surface area contributed by atoms with E-state index in [1.54, 1.807) is 0 Å². The van der Waals surface area contributed by atoms with Gasteiger partial charge in [-0.05, 0) is 62.8 Å². The largest absolute Gasteiger partial charge is 0.351 e. The van der Waals surface area contributed by atoms with E-state index in [1.165, 1.54) is 38.5 Å². The average molecular weight is 399 g/mol. The normalized spacial score (nSPS) is 25.4. The van der Waals surface area contributed by atoms with Crippen LogP contribution < -0.4 is 10.8 Å². The van der Waals surface area contributed by atoms with Gasteiger partial charge in [-0.2, -0.15) is 0 Å². The molecule has 1 aromatic carbocycles. The van der Waals surface area contributed by atoms with Crippen molar-refractivity contribution in [2.45, 2.75) is 52.0 Å². The average Bonchev–Trinajstić information content (AvgIpc) is 3.00. The van der Waals surface area contributed by atoms with Crippen LogP contribution in [-0.2, 0) is 6.54 Å². The number of hydrogen-bond donors (Lipinski definition) is 1. The molecule has 5 rings (SSSR count). The number of amides is 1. The van der Waals surface area contributed by atoms with Gasteiger partial charge in [0.2, 0.25) is 0 Å². The molecule has 25 heavy (non-hydrogen) atoms. The van der Waals surface area contributed by atoms with Crippen LogP contribution in [0.2, 0.25) is 0 Å². The van der Waals surface area contributed by atoms with Gasteiger partial charge in [-0.1, -0.05) is 27.5 Å². The van der Waals surface area contributed by atoms with Gasteiger partial charge in [-0.25, -0.2) is 0 Å². The number of fused-ring (bicyclic) bond motifs is 4. The first-order valence-corrected chi connectivity index (χ1v) is 10.2. The van der Waals surface area contributed by atoms with Gasteiger partial charge in [0.15, 0.2) is 0 Å². The second-order valence-electron chi connectivity index (χ2n) is 7.89. The Balaban J connectivity index is 1.60. The number of nitrogens with one attached hydrogen (secondary N) is 1. The summed E-state index contributed by atoms with van der Waals surface area (Å²) in [6.07, 6.45) is 9.81. The lowest BCUT2D eigenvalue weighted by Gasteiger charge is -2.46. The molecule has 3 aliphatic rings. The maximum Gasteiger partial charge on any atom is 0.253 e. The highest BCUT2D eigenvalue weighted by atomic mass is 79.9. The molecule has 3 fully saturated rings. The van der Waals surface area contributed by atoms with E-state index in [2.05, 4.69) is 32.7 Å². The Morgan fingerprint density at radius 2 is 2.00 bits per heavy atom. The van der Waals surface area contributed by atoms with Crippen LogP contribution in [0.1, 0.15) is 55.8 Å². The topological polar surface area (TPSA) is 34.0 Å². The molecule has 0 saturated heterocycles. The van der Waals surface area contributed by atoms with Crippen molar-refractivity contribution in [3.8, 4) is 0 Å². The molecule has 2 bridgehead atoms. The van der Waals surface area contributed by atoms with E-state index >= 15 is 0 Å². The van der Waals surface area contributed by atoms with Crippen LogP contribution in [0.5, 0.6) is 0 Å². The lowest BCUT2D eigenvalue weighted by atomic mass is 9.61. The quantitative estimate of drug-likeness (QED) is 0.778. The Kier molecular flexibility index (Phi) is 4.47. The molecule has 130 valence electrons. The SMILES string of the molecule is [B]c1cc(Br)c2c(C(=O)NCC34CCC(CC3)CC4)cn(CC)c2c1. The third-order valence-corrected chi connectivity index (χ3v) is 7.04. The lowest BCUT2D eigenvalue weighted by molar-refractivity contribution is 0.0598. The predicted octanol–water partition coefficient (Wildman–Crippen LogP) is 3.92. The Morgan fingerprint density at radius 3 is 2.64 bits per heavy atom. The van der Waals surface area contributed by atoms with E-state index in [4.69, 9.17) is 7.85 Å². The Bertz CT molecular complexity index is 807. The minimum atomic E-state index is 0.0322. The summed E-state index contributed by atoms with van der Waals surface area (Å²) < 4.78 is 2.98. The number of carbonyl (C=O) groups excluding carboxylic acids is 1. The Hall–Kier alpha value is -1.23. The summed E-state index contributed by atoms with van der Waals surface area (Å²) >= 11 is 3.59. The van der Waals surface area contributed by atoms with Crippen LogP contribution in [0.3, 0.4) is 0 Å². The predicted molar refractivity (Wildman–Crippen MR) is 107 cm³/mol. The van der Waals surface area contributed by atoms with Gasteiger partial charge in [0.1, 0.15) is 7.85 Å². The van der Waals surface area contributed by atoms with Gasteiger partial charge in [-0.15, -0.1) is 0 Å². The Labute approximate surface area is 159 Å². The van der Waals surface area contributed by atoms with Gasteiger partial charge in [0.25, 0.3) is 5.91 Å². The summed E-state index contributed by atoms with van der Waals surface area (Å²) in [4.78, 5) is 13.0. The van der Waals surface area contributed by atoms with E-state index in [0.29, 0.717) is 10.9 Å². The highest BCUT2D eigenvalue weighted by molar-refractivity contribution is 9.10. The fourth-order valence-electron chi connectivity index (χ4n) is 4.80. The second kappa shape index (κ2) is 6.50. The van der Waals surface area contributed by atoms with Crippen molar-refractivity contribution in [3.63, 3.8) is 0 Å². The number of halogens is 1. The van der Waals surface area contributed by atoms with E-state index in [-0.39, 0.29) is 5.91 Å². The minimum Gasteiger partial charge on any atom is -0.351 e. The van der Waals surface area contributed by atoms with E-state index in [1.807, 2.05) is 18.3 Å². The van der Waals surface area contributed by atoms with Crippen LogP contribution in [0, 0.1) is 11.3 Å². The van der Waals surface area contributed by atoms with Crippen molar-refractivity contribution >= 4 is 46.0 Å². The van der Waals surface area contributed by atoms with Gasteiger partial charge in [0.05, 0.1) is 5.56 Å². The maximum absolute atomic E-state index is 13.0. The molecule has 1 heterocycles. The summed E-state index contributed by atoms with van der Waals surface area (Å²) in [6.45, 7) is 3.70. The fourth-order valence-corrected chi connectivity index (χ4v) is 5.48. The molecule has 3 aliphatic carbocycles. The Morgan fingerprint density at radius 1 is 1.32 bits per heavy atom. The molecule has 0 atom stereocenters. The summed E-state index contributed by atoms with van der Waals surface area (Å²) in [5.41, 5.74) is 2.80. The van der Waals surface area contributed by atoms with Crippen molar-refractivity contribution < 1.29 is 4.79 Å². The molecule has 2 radical (unpaired) electrons. The monoisotopic (exact) mass is 398 g/mol. The molecule has 0 aliphatic heterocycles. The molecule has 0 unspecified atom stereocenters. The molecule has 0 spiro atoms. The van der Waals surface area contributed by atoms with E-state index in [0.717, 1.165) is 39.9 Å². The highest BCUT2D eigenvalue weighted by Crippen LogP contribution is 2.49. The molecule has 3 nitrogen and oxygen atoms in total. The molecule has 1 amide bonds. The molecular formula is C20H24BBrN2O. The highest BCUT2D eigenvalue weighted by Gasteiger charge is 2.40. The first-order valence-electron chi connectivity index (χ1n) is 9.37. The molecule has 2 aromatic rings. The summed E-state index contributed by atoms with van der Waals surface area (Å²) in [7, 11) is 5.99. The summed E-state index contributed by atoms with van der Waals surface area (Å²) in [5, 5.41) is 4.21. The van der Waals surface area contributed by atoms with E-state index < -0.39 is 0 Å². The van der Waals surface area contributed by atoms with Crippen molar-refractivity contribution in [2.24, 2.45) is 11.3 Å². The third-order valence-electron chi connectivity index (χ3n) is 6.41. The van der Waals surface area contributed by atoms with E-state index in [9.17, 15) is 4.79 Å². The second-order valence-corrected chi connectivity index (χ2v) is 8.74. The summed E-state index contributed by atoms with van der Waals surface area (Å²) in [6, 6.07) is 3.82. The number of carbonyl (C=O) groups is 1. The molecule has 3 saturated carbocycles. The van der Waals surface area contributed by atoms with Crippen LogP contribution in [-0.4, -0.2) is 24.9 Å². The first kappa shape index (κ1) is 17.2. The van der Waals surface area contributed by atoms with Crippen LogP contribution in [0.15, 0.2) is 22.8 Å². The molecular weight excluding hydrogens is 375 g/mol. The number of rotatable bonds is 4. The van der Waals surface area contributed by atoms with Gasteiger partial charge in [0, 0.05) is 34.7 Å². The number of hydrogen-bond acceptors (Lipinski definition) is 1. The number of benzene rings is 1. The molecule has 5 heteroatoms. The zero-order valence-corrected chi connectivity index (χ0v) is 16.4. The zero-order valence-electron chi connectivity index (χ0n) is 14.8. The molecule has 1 N–H and O–H groups in total.